The van der Waals surface area contributed by atoms with Crippen molar-refractivity contribution in [3.05, 3.63) is 59.7 Å². The fourth-order valence-corrected chi connectivity index (χ4v) is 5.88. The van der Waals surface area contributed by atoms with E-state index < -0.39 is 0 Å². The number of nitriles is 1. The van der Waals surface area contributed by atoms with Crippen molar-refractivity contribution in [1.29, 1.82) is 5.26 Å². The van der Waals surface area contributed by atoms with Crippen molar-refractivity contribution in [2.24, 2.45) is 17.8 Å². The van der Waals surface area contributed by atoms with Crippen molar-refractivity contribution in [2.75, 3.05) is 0 Å². The average molecular weight is 418 g/mol. The molecule has 168 valence electrons. The summed E-state index contributed by atoms with van der Waals surface area (Å²) in [5, 5.41) is 8.54. The first-order chi connectivity index (χ1) is 15.3. The van der Waals surface area contributed by atoms with E-state index in [1.54, 1.807) is 11.6 Å². The molecule has 0 aliphatic heterocycles. The van der Waals surface area contributed by atoms with E-state index in [1.807, 2.05) is 12.1 Å². The van der Waals surface area contributed by atoms with Gasteiger partial charge < -0.3 is 0 Å². The van der Waals surface area contributed by atoms with Crippen LogP contribution in [0.5, 0.6) is 0 Å². The maximum Gasteiger partial charge on any atom is 0.0912 e. The van der Waals surface area contributed by atoms with Crippen LogP contribution in [0.2, 0.25) is 0 Å². The second-order valence-corrected chi connectivity index (χ2v) is 10.1. The number of rotatable bonds is 10. The number of aryl methyl sites for hydroxylation is 1. The lowest BCUT2D eigenvalue weighted by Crippen LogP contribution is -2.14. The van der Waals surface area contributed by atoms with Crippen LogP contribution in [-0.2, 0) is 6.42 Å². The fraction of sp³-hybridized carbons (Fsp3) is 0.633. The lowest BCUT2D eigenvalue weighted by atomic mass is 9.76. The predicted molar refractivity (Wildman–Crippen MR) is 133 cm³/mol. The summed E-state index contributed by atoms with van der Waals surface area (Å²) in [5.41, 5.74) is 3.09. The Morgan fingerprint density at radius 1 is 0.839 bits per heavy atom. The minimum atomic E-state index is 0.734. The Kier molecular flexibility index (Phi) is 10.4. The Balaban J connectivity index is 1.25. The number of allylic oxidation sites excluding steroid dienone is 4. The molecular weight excluding hydrogens is 374 g/mol. The summed E-state index contributed by atoms with van der Waals surface area (Å²) in [4.78, 5) is 0. The predicted octanol–water partition coefficient (Wildman–Crippen LogP) is 8.92. The topological polar surface area (TPSA) is 23.8 Å². The molecule has 0 radical (unpaired) electrons. The Labute approximate surface area is 191 Å². The quantitative estimate of drug-likeness (QED) is 0.212. The summed E-state index contributed by atoms with van der Waals surface area (Å²) in [6, 6.07) is 11.6. The molecule has 0 N–H and O–H groups in total. The molecule has 3 rings (SSSR count). The van der Waals surface area contributed by atoms with E-state index in [4.69, 9.17) is 5.26 Å². The third-order valence-corrected chi connectivity index (χ3v) is 7.87. The maximum absolute atomic E-state index is 8.54. The molecule has 0 aromatic heterocycles. The SMILES string of the molecule is CCCc1ccc([C@H]2CC[C@H](CCCC[C@H]3CC[C@H](C=CC=CC#N)CC3)CC2)cc1. The lowest BCUT2D eigenvalue weighted by Gasteiger charge is -2.29. The van der Waals surface area contributed by atoms with E-state index in [1.165, 1.54) is 95.5 Å². The van der Waals surface area contributed by atoms with Gasteiger partial charge in [-0.1, -0.05) is 81.5 Å². The highest BCUT2D eigenvalue weighted by atomic mass is 14.3. The summed E-state index contributed by atoms with van der Waals surface area (Å²) < 4.78 is 0. The fourth-order valence-electron chi connectivity index (χ4n) is 5.88. The number of unbranched alkanes of at least 4 members (excludes halogenated alkanes) is 1. The van der Waals surface area contributed by atoms with Gasteiger partial charge in [-0.25, -0.2) is 0 Å². The van der Waals surface area contributed by atoms with Crippen molar-refractivity contribution < 1.29 is 0 Å². The van der Waals surface area contributed by atoms with Crippen LogP contribution < -0.4 is 0 Å². The Hall–Kier alpha value is -1.81. The van der Waals surface area contributed by atoms with Crippen LogP contribution in [0.25, 0.3) is 0 Å². The van der Waals surface area contributed by atoms with Gasteiger partial charge >= 0.3 is 0 Å². The Morgan fingerprint density at radius 3 is 2.03 bits per heavy atom. The molecule has 31 heavy (non-hydrogen) atoms. The highest BCUT2D eigenvalue weighted by Gasteiger charge is 2.23. The van der Waals surface area contributed by atoms with Crippen LogP contribution in [0, 0.1) is 29.1 Å². The van der Waals surface area contributed by atoms with E-state index >= 15 is 0 Å². The molecule has 1 nitrogen and oxygen atoms in total. The standard InChI is InChI=1S/C30H43N/c1-2-8-25-16-20-29(21-17-25)30-22-18-28(19-23-30)11-6-5-10-27-14-12-26(13-15-27)9-4-3-7-24-31/h3-4,7,9,16-17,20-21,26-28,30H,2,5-6,8,10-15,18-19,22-23H2,1H3/t26-,27-,28-,30-. The van der Waals surface area contributed by atoms with Crippen molar-refractivity contribution in [2.45, 2.75) is 103 Å². The van der Waals surface area contributed by atoms with E-state index in [-0.39, 0.29) is 0 Å². The van der Waals surface area contributed by atoms with Gasteiger partial charge in [-0.3, -0.25) is 0 Å². The summed E-state index contributed by atoms with van der Waals surface area (Å²) in [7, 11) is 0. The molecule has 2 aliphatic carbocycles. The summed E-state index contributed by atoms with van der Waals surface area (Å²) >= 11 is 0. The largest absolute Gasteiger partial charge is 0.193 e. The highest BCUT2D eigenvalue weighted by Crippen LogP contribution is 2.38. The maximum atomic E-state index is 8.54. The van der Waals surface area contributed by atoms with Gasteiger partial charge in [0.15, 0.2) is 0 Å². The molecule has 0 spiro atoms. The molecule has 1 aromatic carbocycles. The van der Waals surface area contributed by atoms with Crippen molar-refractivity contribution in [3.63, 3.8) is 0 Å². The van der Waals surface area contributed by atoms with Gasteiger partial charge in [0.05, 0.1) is 6.07 Å². The summed E-state index contributed by atoms with van der Waals surface area (Å²) in [6.45, 7) is 2.26. The van der Waals surface area contributed by atoms with Gasteiger partial charge in [-0.2, -0.15) is 5.26 Å². The van der Waals surface area contributed by atoms with Crippen molar-refractivity contribution >= 4 is 0 Å². The van der Waals surface area contributed by atoms with Gasteiger partial charge in [0.2, 0.25) is 0 Å². The molecule has 0 amide bonds. The second kappa shape index (κ2) is 13.6. The number of hydrogen-bond acceptors (Lipinski definition) is 1. The Morgan fingerprint density at radius 2 is 1.45 bits per heavy atom. The van der Waals surface area contributed by atoms with Gasteiger partial charge in [0, 0.05) is 6.08 Å². The monoisotopic (exact) mass is 417 g/mol. The van der Waals surface area contributed by atoms with E-state index in [0.717, 1.165) is 23.7 Å². The van der Waals surface area contributed by atoms with Crippen LogP contribution in [0.3, 0.4) is 0 Å². The third-order valence-electron chi connectivity index (χ3n) is 7.87. The third kappa shape index (κ3) is 8.33. The Bertz CT molecular complexity index is 704. The van der Waals surface area contributed by atoms with Gasteiger partial charge in [-0.15, -0.1) is 0 Å². The van der Waals surface area contributed by atoms with Gasteiger partial charge in [0.1, 0.15) is 0 Å². The number of nitrogens with zero attached hydrogens (tertiary/aromatic N) is 1. The second-order valence-electron chi connectivity index (χ2n) is 10.1. The zero-order chi connectivity index (χ0) is 21.7. The van der Waals surface area contributed by atoms with Crippen LogP contribution >= 0.6 is 0 Å². The highest BCUT2D eigenvalue weighted by molar-refractivity contribution is 5.26. The van der Waals surface area contributed by atoms with Crippen LogP contribution in [0.4, 0.5) is 0 Å². The zero-order valence-electron chi connectivity index (χ0n) is 19.8. The number of benzene rings is 1. The summed E-state index contributed by atoms with van der Waals surface area (Å²) in [6.07, 6.45) is 27.2. The molecule has 0 unspecified atom stereocenters. The zero-order valence-corrected chi connectivity index (χ0v) is 19.8. The molecule has 0 atom stereocenters. The molecule has 2 fully saturated rings. The van der Waals surface area contributed by atoms with E-state index in [0.29, 0.717) is 0 Å². The van der Waals surface area contributed by atoms with Gasteiger partial charge in [0.25, 0.3) is 0 Å². The molecule has 0 heterocycles. The van der Waals surface area contributed by atoms with Gasteiger partial charge in [-0.05, 0) is 92.6 Å². The summed E-state index contributed by atoms with van der Waals surface area (Å²) in [5.74, 6) is 3.49. The average Bonchev–Trinajstić information content (AvgIpc) is 2.82. The molecular formula is C30H43N. The van der Waals surface area contributed by atoms with Crippen molar-refractivity contribution in [3.8, 4) is 6.07 Å². The molecule has 2 saturated carbocycles. The van der Waals surface area contributed by atoms with E-state index in [9.17, 15) is 0 Å². The molecule has 1 aromatic rings. The first-order valence-electron chi connectivity index (χ1n) is 13.1. The van der Waals surface area contributed by atoms with Crippen LogP contribution in [-0.4, -0.2) is 0 Å². The number of hydrogen-bond donors (Lipinski definition) is 0. The van der Waals surface area contributed by atoms with Crippen molar-refractivity contribution in [1.82, 2.24) is 0 Å². The first-order valence-corrected chi connectivity index (χ1v) is 13.1. The normalized spacial score (nSPS) is 27.0. The van der Waals surface area contributed by atoms with Crippen LogP contribution in [0.15, 0.2) is 48.6 Å². The lowest BCUT2D eigenvalue weighted by molar-refractivity contribution is 0.273. The van der Waals surface area contributed by atoms with Crippen LogP contribution in [0.1, 0.15) is 107 Å². The minimum absolute atomic E-state index is 0.734. The first kappa shape index (κ1) is 23.8. The molecule has 1 heteroatoms. The van der Waals surface area contributed by atoms with E-state index in [2.05, 4.69) is 43.3 Å². The molecule has 0 saturated heterocycles. The molecule has 0 bridgehead atoms. The smallest absolute Gasteiger partial charge is 0.0912 e. The minimum Gasteiger partial charge on any atom is -0.193 e. The molecule has 2 aliphatic rings.